The summed E-state index contributed by atoms with van der Waals surface area (Å²) in [6.07, 6.45) is 0. The molecule has 0 fully saturated rings. The monoisotopic (exact) mass is 675 g/mol. The maximum Gasteiger partial charge on any atom is 0.0553 e. The van der Waals surface area contributed by atoms with E-state index in [0.29, 0.717) is 0 Å². The van der Waals surface area contributed by atoms with Crippen molar-refractivity contribution in [3.8, 4) is 27.9 Å². The van der Waals surface area contributed by atoms with Gasteiger partial charge in [0, 0.05) is 27.8 Å². The van der Waals surface area contributed by atoms with Crippen LogP contribution < -0.4 is 0 Å². The van der Waals surface area contributed by atoms with Gasteiger partial charge in [-0.25, -0.2) is 0 Å². The third-order valence-electron chi connectivity index (χ3n) is 12.0. The third kappa shape index (κ3) is 4.44. The van der Waals surface area contributed by atoms with Crippen molar-refractivity contribution in [3.63, 3.8) is 0 Å². The van der Waals surface area contributed by atoms with E-state index in [9.17, 15) is 0 Å². The Balaban J connectivity index is 1.06. The number of nitrogens with zero attached hydrogens (tertiary/aromatic N) is 1. The largest absolute Gasteiger partial charge is 0.309 e. The minimum atomic E-state index is -0.164. The fourth-order valence-corrected chi connectivity index (χ4v) is 9.53. The van der Waals surface area contributed by atoms with E-state index in [1.165, 1.54) is 99.1 Å². The first kappa shape index (κ1) is 30.2. The normalized spacial score (nSPS) is 13.9. The number of para-hydroxylation sites is 1. The highest BCUT2D eigenvalue weighted by Gasteiger charge is 2.36. The van der Waals surface area contributed by atoms with Crippen LogP contribution in [0.15, 0.2) is 182 Å². The van der Waals surface area contributed by atoms with E-state index in [1.807, 2.05) is 0 Å². The van der Waals surface area contributed by atoms with Gasteiger partial charge in [-0.2, -0.15) is 0 Å². The Morgan fingerprint density at radius 3 is 1.94 bits per heavy atom. The van der Waals surface area contributed by atoms with Gasteiger partial charge in [-0.15, -0.1) is 0 Å². The molecule has 53 heavy (non-hydrogen) atoms. The third-order valence-corrected chi connectivity index (χ3v) is 12.0. The molecular formula is C52H37N. The Hall–Kier alpha value is -6.44. The molecule has 0 amide bonds. The van der Waals surface area contributed by atoms with Crippen LogP contribution in [0.3, 0.4) is 0 Å². The molecule has 250 valence electrons. The summed E-state index contributed by atoms with van der Waals surface area (Å²) < 4.78 is 2.45. The lowest BCUT2D eigenvalue weighted by molar-refractivity contribution is 0.659. The van der Waals surface area contributed by atoms with Gasteiger partial charge < -0.3 is 4.57 Å². The van der Waals surface area contributed by atoms with Crippen molar-refractivity contribution in [2.45, 2.75) is 25.2 Å². The molecule has 1 unspecified atom stereocenters. The van der Waals surface area contributed by atoms with Crippen molar-refractivity contribution >= 4 is 43.4 Å². The molecule has 1 heterocycles. The molecular weight excluding hydrogens is 639 g/mol. The van der Waals surface area contributed by atoms with Crippen molar-refractivity contribution in [1.82, 2.24) is 4.57 Å². The zero-order valence-corrected chi connectivity index (χ0v) is 29.8. The van der Waals surface area contributed by atoms with Crippen LogP contribution in [-0.2, 0) is 5.41 Å². The fraction of sp³-hybridized carbons (Fsp3) is 0.0769. The van der Waals surface area contributed by atoms with E-state index < -0.39 is 0 Å². The first-order valence-corrected chi connectivity index (χ1v) is 18.7. The number of fused-ring (bicyclic) bond motifs is 4. The first-order valence-electron chi connectivity index (χ1n) is 18.7. The average molecular weight is 676 g/mol. The van der Waals surface area contributed by atoms with Crippen molar-refractivity contribution in [1.29, 1.82) is 0 Å². The highest BCUT2D eigenvalue weighted by Crippen LogP contribution is 2.52. The van der Waals surface area contributed by atoms with Gasteiger partial charge in [0.15, 0.2) is 0 Å². The first-order chi connectivity index (χ1) is 26.0. The lowest BCUT2D eigenvalue weighted by Gasteiger charge is -2.25. The second kappa shape index (κ2) is 11.3. The Labute approximate surface area is 309 Å². The standard InChI is InChI=1S/C52H37N/c1-52(2)45-30-36(39-29-37-24-23-35-17-12-22-47-50(35)51(37)48(32-39)53(47)40-18-7-4-8-19-40)25-27-42(45)43-28-26-38(31-46(43)52)49(34-14-5-3-6-15-34)44-21-11-16-33-13-9-10-20-41(33)44/h3-32,49H,1-2H3. The van der Waals surface area contributed by atoms with Gasteiger partial charge in [-0.3, -0.25) is 0 Å². The smallest absolute Gasteiger partial charge is 0.0553 e. The maximum absolute atomic E-state index is 2.51. The lowest BCUT2D eigenvalue weighted by Crippen LogP contribution is -2.16. The number of benzene rings is 9. The summed E-state index contributed by atoms with van der Waals surface area (Å²) in [5.41, 5.74) is 15.5. The van der Waals surface area contributed by atoms with E-state index >= 15 is 0 Å². The number of hydrogen-bond acceptors (Lipinski definition) is 0. The molecule has 0 spiro atoms. The quantitative estimate of drug-likeness (QED) is 0.126. The summed E-state index contributed by atoms with van der Waals surface area (Å²) in [5, 5.41) is 7.84. The molecule has 0 saturated heterocycles. The molecule has 1 aliphatic rings. The molecule has 9 aromatic carbocycles. The molecule has 0 N–H and O–H groups in total. The molecule has 1 atom stereocenters. The van der Waals surface area contributed by atoms with Crippen molar-refractivity contribution in [2.75, 3.05) is 0 Å². The molecule has 10 aromatic rings. The molecule has 0 radical (unpaired) electrons. The molecule has 1 heteroatoms. The van der Waals surface area contributed by atoms with Gasteiger partial charge in [-0.1, -0.05) is 159 Å². The zero-order valence-electron chi connectivity index (χ0n) is 29.8. The number of rotatable bonds is 5. The van der Waals surface area contributed by atoms with E-state index in [2.05, 4.69) is 200 Å². The maximum atomic E-state index is 2.51. The van der Waals surface area contributed by atoms with Gasteiger partial charge >= 0.3 is 0 Å². The van der Waals surface area contributed by atoms with Gasteiger partial charge in [0.05, 0.1) is 11.0 Å². The minimum absolute atomic E-state index is 0.122. The molecule has 1 aliphatic carbocycles. The molecule has 0 bridgehead atoms. The van der Waals surface area contributed by atoms with Crippen molar-refractivity contribution in [3.05, 3.63) is 210 Å². The predicted molar refractivity (Wildman–Crippen MR) is 224 cm³/mol. The summed E-state index contributed by atoms with van der Waals surface area (Å²) in [7, 11) is 0. The van der Waals surface area contributed by atoms with Crippen molar-refractivity contribution < 1.29 is 0 Å². The number of hydrogen-bond donors (Lipinski definition) is 0. The highest BCUT2D eigenvalue weighted by molar-refractivity contribution is 6.25. The Kier molecular flexibility index (Phi) is 6.43. The molecule has 1 nitrogen and oxygen atoms in total. The Bertz CT molecular complexity index is 3010. The SMILES string of the molecule is CC1(C)c2cc(-c3cc4ccc5cccc6c5c4c(c3)n6-c3ccccc3)ccc2-c2ccc(C(c3ccccc3)c3cccc4ccccc34)cc21. The summed E-state index contributed by atoms with van der Waals surface area (Å²) >= 11 is 0. The van der Waals surface area contributed by atoms with E-state index in [1.54, 1.807) is 0 Å². The number of aromatic nitrogens is 1. The van der Waals surface area contributed by atoms with Crippen LogP contribution in [0.1, 0.15) is 47.6 Å². The summed E-state index contributed by atoms with van der Waals surface area (Å²) in [6, 6.07) is 67.9. The fourth-order valence-electron chi connectivity index (χ4n) is 9.53. The summed E-state index contributed by atoms with van der Waals surface area (Å²) in [5.74, 6) is 0.122. The average Bonchev–Trinajstić information content (AvgIpc) is 3.66. The highest BCUT2D eigenvalue weighted by atomic mass is 15.0. The lowest BCUT2D eigenvalue weighted by atomic mass is 9.78. The second-order valence-electron chi connectivity index (χ2n) is 15.3. The summed E-state index contributed by atoms with van der Waals surface area (Å²) in [4.78, 5) is 0. The Morgan fingerprint density at radius 1 is 0.434 bits per heavy atom. The molecule has 0 aliphatic heterocycles. The summed E-state index contributed by atoms with van der Waals surface area (Å²) in [6.45, 7) is 4.82. The van der Waals surface area contributed by atoms with Crippen LogP contribution in [0.25, 0.3) is 71.3 Å². The minimum Gasteiger partial charge on any atom is -0.309 e. The van der Waals surface area contributed by atoms with E-state index in [-0.39, 0.29) is 11.3 Å². The van der Waals surface area contributed by atoms with Crippen LogP contribution >= 0.6 is 0 Å². The molecule has 1 aromatic heterocycles. The van der Waals surface area contributed by atoms with Gasteiger partial charge in [0.2, 0.25) is 0 Å². The van der Waals surface area contributed by atoms with Gasteiger partial charge in [0.1, 0.15) is 0 Å². The molecule has 11 rings (SSSR count). The van der Waals surface area contributed by atoms with E-state index in [4.69, 9.17) is 0 Å². The zero-order chi connectivity index (χ0) is 35.3. The van der Waals surface area contributed by atoms with Crippen LogP contribution in [0.5, 0.6) is 0 Å². The topological polar surface area (TPSA) is 4.93 Å². The van der Waals surface area contributed by atoms with Crippen LogP contribution in [-0.4, -0.2) is 4.57 Å². The predicted octanol–water partition coefficient (Wildman–Crippen LogP) is 13.7. The second-order valence-corrected chi connectivity index (χ2v) is 15.3. The Morgan fingerprint density at radius 2 is 1.09 bits per heavy atom. The van der Waals surface area contributed by atoms with Gasteiger partial charge in [0.25, 0.3) is 0 Å². The van der Waals surface area contributed by atoms with Crippen LogP contribution in [0.2, 0.25) is 0 Å². The van der Waals surface area contributed by atoms with Crippen LogP contribution in [0, 0.1) is 0 Å². The van der Waals surface area contributed by atoms with Crippen molar-refractivity contribution in [2.24, 2.45) is 0 Å². The van der Waals surface area contributed by atoms with Gasteiger partial charge in [-0.05, 0) is 108 Å². The van der Waals surface area contributed by atoms with E-state index in [0.717, 1.165) is 0 Å². The molecule has 0 saturated carbocycles. The van der Waals surface area contributed by atoms with Crippen LogP contribution in [0.4, 0.5) is 0 Å².